The lowest BCUT2D eigenvalue weighted by Crippen LogP contribution is -2.44. The summed E-state index contributed by atoms with van der Waals surface area (Å²) in [5, 5.41) is 2.97. The van der Waals surface area contributed by atoms with E-state index in [9.17, 15) is 4.79 Å². The number of nitrogens with two attached hydrogens (primary N) is 1. The second-order valence-corrected chi connectivity index (χ2v) is 5.85. The monoisotopic (exact) mass is 290 g/mol. The van der Waals surface area contributed by atoms with Gasteiger partial charge in [0.25, 0.3) is 0 Å². The van der Waals surface area contributed by atoms with Gasteiger partial charge in [0.15, 0.2) is 0 Å². The molecule has 1 rings (SSSR count). The van der Waals surface area contributed by atoms with Gasteiger partial charge in [-0.3, -0.25) is 4.79 Å². The molecule has 1 amide bonds. The molecule has 0 radical (unpaired) electrons. The zero-order chi connectivity index (χ0) is 13.4. The van der Waals surface area contributed by atoms with Crippen LogP contribution in [-0.4, -0.2) is 18.5 Å². The maximum Gasteiger partial charge on any atom is 0.237 e. The fourth-order valence-electron chi connectivity index (χ4n) is 2.71. The van der Waals surface area contributed by atoms with E-state index in [1.54, 1.807) is 0 Å². The molecule has 2 atom stereocenters. The van der Waals surface area contributed by atoms with Crippen LogP contribution >= 0.6 is 12.4 Å². The van der Waals surface area contributed by atoms with Crippen molar-refractivity contribution in [3.63, 3.8) is 0 Å². The van der Waals surface area contributed by atoms with Gasteiger partial charge in [-0.1, -0.05) is 52.4 Å². The Hall–Kier alpha value is -0.280. The van der Waals surface area contributed by atoms with E-state index in [4.69, 9.17) is 5.73 Å². The van der Waals surface area contributed by atoms with Crippen molar-refractivity contribution in [2.24, 2.45) is 17.6 Å². The van der Waals surface area contributed by atoms with Crippen molar-refractivity contribution in [1.82, 2.24) is 5.32 Å². The van der Waals surface area contributed by atoms with Crippen molar-refractivity contribution in [1.29, 1.82) is 0 Å². The Bertz CT molecular complexity index is 242. The Labute approximate surface area is 124 Å². The van der Waals surface area contributed by atoms with Crippen LogP contribution in [0.15, 0.2) is 0 Å². The van der Waals surface area contributed by atoms with Crippen LogP contribution in [0, 0.1) is 11.8 Å². The average Bonchev–Trinajstić information content (AvgIpc) is 2.42. The van der Waals surface area contributed by atoms with Crippen LogP contribution in [0.4, 0.5) is 0 Å². The number of carbonyl (C=O) groups is 1. The third-order valence-electron chi connectivity index (χ3n) is 4.37. The Morgan fingerprint density at radius 3 is 2.53 bits per heavy atom. The zero-order valence-electron chi connectivity index (χ0n) is 12.5. The molecule has 1 aliphatic carbocycles. The first-order valence-corrected chi connectivity index (χ1v) is 7.68. The summed E-state index contributed by atoms with van der Waals surface area (Å²) in [6, 6.07) is -0.343. The molecule has 0 aromatic heterocycles. The Kier molecular flexibility index (Phi) is 10.3. The van der Waals surface area contributed by atoms with Crippen molar-refractivity contribution in [2.45, 2.75) is 71.3 Å². The molecule has 114 valence electrons. The quantitative estimate of drug-likeness (QED) is 0.707. The minimum Gasteiger partial charge on any atom is -0.355 e. The number of nitrogens with one attached hydrogen (secondary N) is 1. The molecule has 0 heterocycles. The summed E-state index contributed by atoms with van der Waals surface area (Å²) < 4.78 is 0. The molecular formula is C15H31ClN2O. The van der Waals surface area contributed by atoms with E-state index in [2.05, 4.69) is 12.2 Å². The van der Waals surface area contributed by atoms with Crippen molar-refractivity contribution in [3.8, 4) is 0 Å². The van der Waals surface area contributed by atoms with Gasteiger partial charge in [-0.2, -0.15) is 0 Å². The highest BCUT2D eigenvalue weighted by Gasteiger charge is 2.19. The van der Waals surface area contributed by atoms with Gasteiger partial charge in [0.05, 0.1) is 6.04 Å². The Balaban J connectivity index is 0.00000324. The zero-order valence-corrected chi connectivity index (χ0v) is 13.3. The van der Waals surface area contributed by atoms with Gasteiger partial charge in [-0.05, 0) is 24.7 Å². The smallest absolute Gasteiger partial charge is 0.237 e. The van der Waals surface area contributed by atoms with Crippen molar-refractivity contribution in [2.75, 3.05) is 6.54 Å². The number of halogens is 1. The van der Waals surface area contributed by atoms with E-state index < -0.39 is 0 Å². The highest BCUT2D eigenvalue weighted by atomic mass is 35.5. The molecule has 3 nitrogen and oxygen atoms in total. The normalized spacial score (nSPS) is 19.3. The van der Waals surface area contributed by atoms with E-state index in [-0.39, 0.29) is 30.3 Å². The highest BCUT2D eigenvalue weighted by Crippen LogP contribution is 2.26. The lowest BCUT2D eigenvalue weighted by Gasteiger charge is -2.22. The van der Waals surface area contributed by atoms with Gasteiger partial charge in [0.1, 0.15) is 0 Å². The van der Waals surface area contributed by atoms with Crippen LogP contribution in [0.25, 0.3) is 0 Å². The maximum absolute atomic E-state index is 11.8. The summed E-state index contributed by atoms with van der Waals surface area (Å²) in [5.74, 6) is 1.19. The number of hydrogen-bond donors (Lipinski definition) is 2. The number of carbonyl (C=O) groups excluding carboxylic acids is 1. The highest BCUT2D eigenvalue weighted by molar-refractivity contribution is 5.85. The number of amides is 1. The van der Waals surface area contributed by atoms with E-state index in [0.29, 0.717) is 0 Å². The van der Waals surface area contributed by atoms with Crippen LogP contribution in [0.2, 0.25) is 0 Å². The van der Waals surface area contributed by atoms with Gasteiger partial charge in [-0.25, -0.2) is 0 Å². The van der Waals surface area contributed by atoms with Crippen LogP contribution in [0.1, 0.15) is 65.2 Å². The topological polar surface area (TPSA) is 55.1 Å². The molecule has 1 saturated carbocycles. The minimum absolute atomic E-state index is 0. The third-order valence-corrected chi connectivity index (χ3v) is 4.37. The molecule has 2 unspecified atom stereocenters. The van der Waals surface area contributed by atoms with E-state index in [0.717, 1.165) is 25.3 Å². The van der Waals surface area contributed by atoms with E-state index in [1.165, 1.54) is 38.5 Å². The SMILES string of the molecule is CCC(C)C(N)C(=O)NCCCC1CCCCC1.Cl. The largest absolute Gasteiger partial charge is 0.355 e. The summed E-state index contributed by atoms with van der Waals surface area (Å²) >= 11 is 0. The summed E-state index contributed by atoms with van der Waals surface area (Å²) in [6.45, 7) is 4.90. The molecule has 19 heavy (non-hydrogen) atoms. The summed E-state index contributed by atoms with van der Waals surface area (Å²) in [4.78, 5) is 11.8. The molecule has 1 aliphatic rings. The second-order valence-electron chi connectivity index (χ2n) is 5.85. The first kappa shape index (κ1) is 18.7. The van der Waals surface area contributed by atoms with Crippen LogP contribution in [0.3, 0.4) is 0 Å². The third kappa shape index (κ3) is 7.17. The summed E-state index contributed by atoms with van der Waals surface area (Å²) in [5.41, 5.74) is 5.88. The van der Waals surface area contributed by atoms with Crippen molar-refractivity contribution in [3.05, 3.63) is 0 Å². The number of hydrogen-bond acceptors (Lipinski definition) is 2. The van der Waals surface area contributed by atoms with Crippen LogP contribution < -0.4 is 11.1 Å². The van der Waals surface area contributed by atoms with Crippen LogP contribution in [-0.2, 0) is 4.79 Å². The molecule has 0 aromatic rings. The lowest BCUT2D eigenvalue weighted by molar-refractivity contribution is -0.123. The standard InChI is InChI=1S/C15H30N2O.ClH/c1-3-12(2)14(16)15(18)17-11-7-10-13-8-5-4-6-9-13;/h12-14H,3-11,16H2,1-2H3,(H,17,18);1H. The molecule has 0 spiro atoms. The van der Waals surface area contributed by atoms with Gasteiger partial charge < -0.3 is 11.1 Å². The maximum atomic E-state index is 11.8. The summed E-state index contributed by atoms with van der Waals surface area (Å²) in [6.07, 6.45) is 10.3. The first-order valence-electron chi connectivity index (χ1n) is 7.68. The number of rotatable bonds is 7. The molecule has 0 aromatic carbocycles. The minimum atomic E-state index is -0.343. The molecule has 0 bridgehead atoms. The lowest BCUT2D eigenvalue weighted by atomic mass is 9.86. The molecule has 1 fully saturated rings. The molecule has 3 N–H and O–H groups in total. The van der Waals surface area contributed by atoms with Gasteiger partial charge in [-0.15, -0.1) is 12.4 Å². The van der Waals surface area contributed by atoms with Gasteiger partial charge in [0, 0.05) is 6.54 Å². The van der Waals surface area contributed by atoms with E-state index >= 15 is 0 Å². The first-order chi connectivity index (χ1) is 8.65. The van der Waals surface area contributed by atoms with Crippen molar-refractivity contribution < 1.29 is 4.79 Å². The second kappa shape index (κ2) is 10.5. The van der Waals surface area contributed by atoms with Gasteiger partial charge >= 0.3 is 0 Å². The molecular weight excluding hydrogens is 260 g/mol. The Morgan fingerprint density at radius 1 is 1.32 bits per heavy atom. The Morgan fingerprint density at radius 2 is 1.95 bits per heavy atom. The van der Waals surface area contributed by atoms with Crippen LogP contribution in [0.5, 0.6) is 0 Å². The van der Waals surface area contributed by atoms with Crippen molar-refractivity contribution >= 4 is 18.3 Å². The molecule has 4 heteroatoms. The van der Waals surface area contributed by atoms with Gasteiger partial charge in [0.2, 0.25) is 5.91 Å². The fraction of sp³-hybridized carbons (Fsp3) is 0.933. The predicted octanol–water partition coefficient (Wildman–Crippen LogP) is 3.26. The summed E-state index contributed by atoms with van der Waals surface area (Å²) in [7, 11) is 0. The molecule has 0 aliphatic heterocycles. The van der Waals surface area contributed by atoms with E-state index in [1.807, 2.05) is 6.92 Å². The average molecular weight is 291 g/mol. The fourth-order valence-corrected chi connectivity index (χ4v) is 2.71. The molecule has 0 saturated heterocycles. The predicted molar refractivity (Wildman–Crippen MR) is 83.5 cm³/mol.